The fourth-order valence-corrected chi connectivity index (χ4v) is 3.78. The molecule has 1 N–H and O–H groups in total. The minimum Gasteiger partial charge on any atom is -0.332 e. The van der Waals surface area contributed by atoms with Crippen LogP contribution in [0.4, 0.5) is 5.69 Å². The van der Waals surface area contributed by atoms with Crippen LogP contribution in [-0.2, 0) is 9.59 Å². The predicted octanol–water partition coefficient (Wildman–Crippen LogP) is 2.75. The molecule has 0 saturated carbocycles. The molecule has 1 aromatic rings. The number of carbonyl (C=O) groups excluding carboxylic acids is 2. The number of nitrogens with one attached hydrogen (secondary N) is 1. The number of amides is 2. The van der Waals surface area contributed by atoms with Crippen LogP contribution < -0.4 is 5.32 Å². The molecule has 0 bridgehead atoms. The number of anilines is 1. The van der Waals surface area contributed by atoms with Gasteiger partial charge in [-0.3, -0.25) is 9.59 Å². The molecule has 0 spiro atoms. The Kier molecular flexibility index (Phi) is 7.70. The lowest BCUT2D eigenvalue weighted by atomic mass is 10.0. The number of para-hydroxylation sites is 1. The van der Waals surface area contributed by atoms with E-state index in [9.17, 15) is 9.59 Å². The molecular weight excluding hydrogens is 362 g/mol. The predicted molar refractivity (Wildman–Crippen MR) is 110 cm³/mol. The van der Waals surface area contributed by atoms with Crippen molar-refractivity contribution in [1.29, 1.82) is 0 Å². The van der Waals surface area contributed by atoms with Gasteiger partial charge in [0.1, 0.15) is 0 Å². The Hall–Kier alpha value is -2.03. The van der Waals surface area contributed by atoms with E-state index >= 15 is 0 Å². The quantitative estimate of drug-likeness (QED) is 0.809. The Labute approximate surface area is 167 Å². The van der Waals surface area contributed by atoms with Gasteiger partial charge in [0, 0.05) is 26.1 Å². The Balaban J connectivity index is 0.00000261. The summed E-state index contributed by atoms with van der Waals surface area (Å²) in [5.41, 5.74) is 1.49. The van der Waals surface area contributed by atoms with Gasteiger partial charge in [0.2, 0.25) is 11.8 Å². The number of halogens is 1. The Morgan fingerprint density at radius 1 is 1.22 bits per heavy atom. The van der Waals surface area contributed by atoms with Crippen molar-refractivity contribution >= 4 is 29.9 Å². The second-order valence-electron chi connectivity index (χ2n) is 7.25. The van der Waals surface area contributed by atoms with Crippen molar-refractivity contribution in [2.75, 3.05) is 32.0 Å². The molecule has 2 atom stereocenters. The first-order valence-electron chi connectivity index (χ1n) is 9.42. The average molecular weight is 390 g/mol. The Bertz CT molecular complexity index is 734. The topological polar surface area (TPSA) is 52.7 Å². The number of carbonyl (C=O) groups is 2. The van der Waals surface area contributed by atoms with Gasteiger partial charge in [-0.05, 0) is 44.5 Å². The molecule has 0 aromatic heterocycles. The van der Waals surface area contributed by atoms with E-state index in [1.807, 2.05) is 31.3 Å². The van der Waals surface area contributed by atoms with Crippen LogP contribution in [-0.4, -0.2) is 54.3 Å². The molecule has 2 amide bonds. The van der Waals surface area contributed by atoms with Crippen molar-refractivity contribution in [2.45, 2.75) is 38.6 Å². The fraction of sp³-hybridized carbons (Fsp3) is 0.524. The van der Waals surface area contributed by atoms with E-state index in [2.05, 4.69) is 22.1 Å². The maximum atomic E-state index is 12.6. The third-order valence-corrected chi connectivity index (χ3v) is 5.21. The van der Waals surface area contributed by atoms with Crippen LogP contribution in [0, 0.1) is 17.8 Å². The van der Waals surface area contributed by atoms with E-state index in [1.165, 1.54) is 26.2 Å². The first-order chi connectivity index (χ1) is 12.5. The largest absolute Gasteiger partial charge is 0.332 e. The van der Waals surface area contributed by atoms with E-state index in [0.717, 1.165) is 31.6 Å². The number of benzene rings is 1. The maximum absolute atomic E-state index is 12.6. The molecule has 2 aliphatic heterocycles. The van der Waals surface area contributed by atoms with E-state index in [4.69, 9.17) is 0 Å². The molecule has 27 heavy (non-hydrogen) atoms. The van der Waals surface area contributed by atoms with Crippen LogP contribution in [0.2, 0.25) is 0 Å². The summed E-state index contributed by atoms with van der Waals surface area (Å²) in [4.78, 5) is 28.1. The molecule has 2 saturated heterocycles. The van der Waals surface area contributed by atoms with Crippen molar-refractivity contribution in [3.05, 3.63) is 29.8 Å². The standard InChI is InChI=1S/C21H27N3O2.ClH/c1-16(25)22-20-9-5-4-8-17(20)10-11-19-14-18(21(26)23(19)2)15-24-12-6-3-7-13-24;/h4-5,8-9,18-19H,3,6-7,12-15H2,1-2H3,(H,22,25);1H/t18-,19-;/m0./s1. The normalized spacial score (nSPS) is 22.6. The van der Waals surface area contributed by atoms with E-state index in [-0.39, 0.29) is 36.2 Å². The first-order valence-corrected chi connectivity index (χ1v) is 9.42. The summed E-state index contributed by atoms with van der Waals surface area (Å²) in [6.07, 6.45) is 4.55. The van der Waals surface area contributed by atoms with Gasteiger partial charge in [0.15, 0.2) is 0 Å². The van der Waals surface area contributed by atoms with Crippen molar-refractivity contribution in [1.82, 2.24) is 9.80 Å². The summed E-state index contributed by atoms with van der Waals surface area (Å²) in [5.74, 6) is 6.53. The Morgan fingerprint density at radius 2 is 1.93 bits per heavy atom. The van der Waals surface area contributed by atoms with E-state index < -0.39 is 0 Å². The lowest BCUT2D eigenvalue weighted by molar-refractivity contribution is -0.130. The van der Waals surface area contributed by atoms with E-state index in [1.54, 1.807) is 4.90 Å². The summed E-state index contributed by atoms with van der Waals surface area (Å²) in [6, 6.07) is 7.44. The van der Waals surface area contributed by atoms with Crippen molar-refractivity contribution < 1.29 is 9.59 Å². The summed E-state index contributed by atoms with van der Waals surface area (Å²) >= 11 is 0. The zero-order valence-electron chi connectivity index (χ0n) is 16.0. The smallest absolute Gasteiger partial charge is 0.227 e. The molecule has 2 aliphatic rings. The summed E-state index contributed by atoms with van der Waals surface area (Å²) in [6.45, 7) is 4.55. The molecule has 2 fully saturated rings. The zero-order chi connectivity index (χ0) is 18.5. The molecule has 1 aromatic carbocycles. The molecule has 0 aliphatic carbocycles. The van der Waals surface area contributed by atoms with Crippen LogP contribution in [0.25, 0.3) is 0 Å². The summed E-state index contributed by atoms with van der Waals surface area (Å²) in [7, 11) is 1.84. The van der Waals surface area contributed by atoms with Crippen LogP contribution in [0.1, 0.15) is 38.2 Å². The molecule has 0 unspecified atom stereocenters. The average Bonchev–Trinajstić information content (AvgIpc) is 2.89. The lowest BCUT2D eigenvalue weighted by Gasteiger charge is -2.28. The number of hydrogen-bond acceptors (Lipinski definition) is 3. The minimum absolute atomic E-state index is 0. The first kappa shape index (κ1) is 21.3. The number of rotatable bonds is 3. The maximum Gasteiger partial charge on any atom is 0.227 e. The highest BCUT2D eigenvalue weighted by Crippen LogP contribution is 2.25. The monoisotopic (exact) mass is 389 g/mol. The van der Waals surface area contributed by atoms with Crippen LogP contribution in [0.15, 0.2) is 24.3 Å². The fourth-order valence-electron chi connectivity index (χ4n) is 3.78. The van der Waals surface area contributed by atoms with Gasteiger partial charge in [-0.2, -0.15) is 0 Å². The highest BCUT2D eigenvalue weighted by molar-refractivity contribution is 5.90. The molecule has 5 nitrogen and oxygen atoms in total. The molecule has 3 rings (SSSR count). The molecule has 6 heteroatoms. The van der Waals surface area contributed by atoms with Crippen molar-refractivity contribution in [2.24, 2.45) is 5.92 Å². The minimum atomic E-state index is -0.117. The summed E-state index contributed by atoms with van der Waals surface area (Å²) in [5, 5.41) is 2.80. The van der Waals surface area contributed by atoms with Gasteiger partial charge < -0.3 is 15.1 Å². The van der Waals surface area contributed by atoms with E-state index in [0.29, 0.717) is 5.69 Å². The Morgan fingerprint density at radius 3 is 2.63 bits per heavy atom. The number of nitrogens with zero attached hydrogens (tertiary/aromatic N) is 2. The molecule has 2 heterocycles. The van der Waals surface area contributed by atoms with Gasteiger partial charge in [0.25, 0.3) is 0 Å². The van der Waals surface area contributed by atoms with Crippen LogP contribution in [0.3, 0.4) is 0 Å². The van der Waals surface area contributed by atoms with Gasteiger partial charge >= 0.3 is 0 Å². The van der Waals surface area contributed by atoms with Crippen LogP contribution >= 0.6 is 12.4 Å². The number of likely N-dealkylation sites (tertiary alicyclic amines) is 2. The second kappa shape index (κ2) is 9.77. The highest BCUT2D eigenvalue weighted by atomic mass is 35.5. The highest BCUT2D eigenvalue weighted by Gasteiger charge is 2.37. The van der Waals surface area contributed by atoms with Gasteiger partial charge in [-0.15, -0.1) is 12.4 Å². The van der Waals surface area contributed by atoms with Gasteiger partial charge in [0.05, 0.1) is 17.6 Å². The molecule has 146 valence electrons. The number of piperidine rings is 1. The molecule has 0 radical (unpaired) electrons. The van der Waals surface area contributed by atoms with Gasteiger partial charge in [-0.1, -0.05) is 30.4 Å². The zero-order valence-corrected chi connectivity index (χ0v) is 16.8. The van der Waals surface area contributed by atoms with Crippen molar-refractivity contribution in [3.63, 3.8) is 0 Å². The SMILES string of the molecule is CC(=O)Nc1ccccc1C#C[C@H]1C[C@@H](CN2CCCCC2)C(=O)N1C.Cl. The number of hydrogen-bond donors (Lipinski definition) is 1. The van der Waals surface area contributed by atoms with Crippen molar-refractivity contribution in [3.8, 4) is 11.8 Å². The lowest BCUT2D eigenvalue weighted by Crippen LogP contribution is -2.37. The van der Waals surface area contributed by atoms with Crippen LogP contribution in [0.5, 0.6) is 0 Å². The molecular formula is C21H28ClN3O2. The summed E-state index contributed by atoms with van der Waals surface area (Å²) < 4.78 is 0. The third-order valence-electron chi connectivity index (χ3n) is 5.21. The van der Waals surface area contributed by atoms with Gasteiger partial charge in [-0.25, -0.2) is 0 Å². The second-order valence-corrected chi connectivity index (χ2v) is 7.25. The third kappa shape index (κ3) is 5.47.